The number of hydrogen-bond acceptors (Lipinski definition) is 4. The van der Waals surface area contributed by atoms with Crippen molar-refractivity contribution >= 4 is 33.5 Å². The van der Waals surface area contributed by atoms with Crippen molar-refractivity contribution in [2.24, 2.45) is 0 Å². The van der Waals surface area contributed by atoms with Gasteiger partial charge in [-0.1, -0.05) is 46.3 Å². The molecule has 0 atom stereocenters. The lowest BCUT2D eigenvalue weighted by atomic mass is 10.0. The molecular weight excluding hydrogens is 478 g/mol. The van der Waals surface area contributed by atoms with Gasteiger partial charge in [-0.25, -0.2) is 0 Å². The molecule has 0 aliphatic carbocycles. The molecule has 0 unspecified atom stereocenters. The minimum absolute atomic E-state index is 0.0407. The number of aryl methyl sites for hydroxylation is 1. The Morgan fingerprint density at radius 2 is 1.88 bits per heavy atom. The predicted molar refractivity (Wildman–Crippen MR) is 138 cm³/mol. The molecule has 0 fully saturated rings. The SMILES string of the molecule is COc1cc(/C=C/C(=O)c2ccc(Br)cc2)ccc1OCCCN1CCCc2ccccc21. The second kappa shape index (κ2) is 11.2. The standard InChI is InChI=1S/C28H28BrNO3/c1-32-28-20-21(9-15-26(31)23-11-13-24(29)14-12-23)10-16-27(28)33-19-5-18-30-17-4-7-22-6-2-3-8-25(22)30/h2-3,6,8-16,20H,4-5,7,17-19H2,1H3/b15-9+. The van der Waals surface area contributed by atoms with Crippen molar-refractivity contribution in [1.82, 2.24) is 0 Å². The van der Waals surface area contributed by atoms with Gasteiger partial charge < -0.3 is 14.4 Å². The fraction of sp³-hybridized carbons (Fsp3) is 0.250. The maximum Gasteiger partial charge on any atom is 0.185 e. The number of para-hydroxylation sites is 1. The minimum atomic E-state index is -0.0407. The predicted octanol–water partition coefficient (Wildman–Crippen LogP) is 6.58. The van der Waals surface area contributed by atoms with Gasteiger partial charge in [-0.15, -0.1) is 0 Å². The van der Waals surface area contributed by atoms with Gasteiger partial charge in [0.05, 0.1) is 13.7 Å². The van der Waals surface area contributed by atoms with Crippen LogP contribution in [0.5, 0.6) is 11.5 Å². The molecule has 5 heteroatoms. The Morgan fingerprint density at radius 1 is 1.06 bits per heavy atom. The van der Waals surface area contributed by atoms with Crippen molar-refractivity contribution in [3.05, 3.63) is 94.0 Å². The van der Waals surface area contributed by atoms with E-state index in [1.165, 1.54) is 17.7 Å². The maximum atomic E-state index is 12.4. The van der Waals surface area contributed by atoms with E-state index in [1.807, 2.05) is 30.3 Å². The van der Waals surface area contributed by atoms with Gasteiger partial charge in [0.1, 0.15) is 0 Å². The Morgan fingerprint density at radius 3 is 2.70 bits per heavy atom. The van der Waals surface area contributed by atoms with Crippen molar-refractivity contribution in [1.29, 1.82) is 0 Å². The molecule has 3 aromatic carbocycles. The van der Waals surface area contributed by atoms with Crippen molar-refractivity contribution in [3.63, 3.8) is 0 Å². The molecule has 1 aliphatic rings. The first kappa shape index (κ1) is 23.1. The van der Waals surface area contributed by atoms with Crippen LogP contribution in [0.3, 0.4) is 0 Å². The van der Waals surface area contributed by atoms with E-state index in [0.29, 0.717) is 23.7 Å². The summed E-state index contributed by atoms with van der Waals surface area (Å²) < 4.78 is 12.5. The first-order valence-electron chi connectivity index (χ1n) is 11.3. The summed E-state index contributed by atoms with van der Waals surface area (Å²) in [7, 11) is 1.63. The molecule has 0 saturated carbocycles. The van der Waals surface area contributed by atoms with E-state index in [4.69, 9.17) is 9.47 Å². The number of hydrogen-bond donors (Lipinski definition) is 0. The van der Waals surface area contributed by atoms with Crippen LogP contribution in [-0.4, -0.2) is 32.6 Å². The number of anilines is 1. The topological polar surface area (TPSA) is 38.8 Å². The molecule has 0 aromatic heterocycles. The number of methoxy groups -OCH3 is 1. The average Bonchev–Trinajstić information content (AvgIpc) is 2.86. The summed E-state index contributed by atoms with van der Waals surface area (Å²) in [6.07, 6.45) is 6.67. The highest BCUT2D eigenvalue weighted by Gasteiger charge is 2.15. The summed E-state index contributed by atoms with van der Waals surface area (Å²) in [6.45, 7) is 2.69. The lowest BCUT2D eigenvalue weighted by molar-refractivity contribution is 0.104. The van der Waals surface area contributed by atoms with E-state index >= 15 is 0 Å². The third-order valence-electron chi connectivity index (χ3n) is 5.78. The van der Waals surface area contributed by atoms with Gasteiger partial charge in [0.25, 0.3) is 0 Å². The van der Waals surface area contributed by atoms with E-state index in [0.717, 1.165) is 36.0 Å². The lowest BCUT2D eigenvalue weighted by Crippen LogP contribution is -2.31. The van der Waals surface area contributed by atoms with Crippen LogP contribution in [0, 0.1) is 0 Å². The first-order valence-corrected chi connectivity index (χ1v) is 12.0. The number of rotatable bonds is 9. The number of allylic oxidation sites excluding steroid dienone is 1. The number of fused-ring (bicyclic) bond motifs is 1. The van der Waals surface area contributed by atoms with Crippen LogP contribution in [0.15, 0.2) is 77.3 Å². The molecule has 4 nitrogen and oxygen atoms in total. The Balaban J connectivity index is 1.32. The van der Waals surface area contributed by atoms with Gasteiger partial charge in [0.2, 0.25) is 0 Å². The average molecular weight is 506 g/mol. The van der Waals surface area contributed by atoms with Crippen LogP contribution < -0.4 is 14.4 Å². The summed E-state index contributed by atoms with van der Waals surface area (Å²) >= 11 is 3.38. The molecule has 1 heterocycles. The molecule has 4 rings (SSSR count). The zero-order chi connectivity index (χ0) is 23.0. The van der Waals surface area contributed by atoms with Crippen LogP contribution in [0.2, 0.25) is 0 Å². The van der Waals surface area contributed by atoms with Crippen LogP contribution in [-0.2, 0) is 6.42 Å². The van der Waals surface area contributed by atoms with Gasteiger partial charge in [-0.05, 0) is 78.9 Å². The quantitative estimate of drug-likeness (QED) is 0.187. The highest BCUT2D eigenvalue weighted by atomic mass is 79.9. The number of benzene rings is 3. The fourth-order valence-corrected chi connectivity index (χ4v) is 4.34. The highest BCUT2D eigenvalue weighted by molar-refractivity contribution is 9.10. The minimum Gasteiger partial charge on any atom is -0.493 e. The van der Waals surface area contributed by atoms with Gasteiger partial charge in [0.15, 0.2) is 17.3 Å². The van der Waals surface area contributed by atoms with Gasteiger partial charge in [-0.3, -0.25) is 4.79 Å². The Hall–Kier alpha value is -3.05. The van der Waals surface area contributed by atoms with Crippen molar-refractivity contribution in [3.8, 4) is 11.5 Å². The number of ketones is 1. The number of nitrogens with zero attached hydrogens (tertiary/aromatic N) is 1. The molecule has 33 heavy (non-hydrogen) atoms. The second-order valence-electron chi connectivity index (χ2n) is 8.04. The number of ether oxygens (including phenoxy) is 2. The molecule has 0 amide bonds. The number of halogens is 1. The summed E-state index contributed by atoms with van der Waals surface area (Å²) in [4.78, 5) is 14.8. The number of carbonyl (C=O) groups excluding carboxylic acids is 1. The molecular formula is C28H28BrNO3. The second-order valence-corrected chi connectivity index (χ2v) is 8.95. The molecule has 0 radical (unpaired) electrons. The molecule has 1 aliphatic heterocycles. The van der Waals surface area contributed by atoms with Gasteiger partial charge >= 0.3 is 0 Å². The summed E-state index contributed by atoms with van der Waals surface area (Å²) in [5.74, 6) is 1.34. The van der Waals surface area contributed by atoms with E-state index in [2.05, 4.69) is 45.1 Å². The van der Waals surface area contributed by atoms with Crippen LogP contribution >= 0.6 is 15.9 Å². The normalized spacial score (nSPS) is 13.1. The lowest BCUT2D eigenvalue weighted by Gasteiger charge is -2.31. The third kappa shape index (κ3) is 6.05. The van der Waals surface area contributed by atoms with Crippen LogP contribution in [0.25, 0.3) is 6.08 Å². The van der Waals surface area contributed by atoms with Crippen molar-refractivity contribution < 1.29 is 14.3 Å². The van der Waals surface area contributed by atoms with Crippen molar-refractivity contribution in [2.75, 3.05) is 31.7 Å². The Labute approximate surface area is 204 Å². The Kier molecular flexibility index (Phi) is 7.84. The highest BCUT2D eigenvalue weighted by Crippen LogP contribution is 2.30. The van der Waals surface area contributed by atoms with Gasteiger partial charge in [0, 0.05) is 28.8 Å². The monoisotopic (exact) mass is 505 g/mol. The summed E-state index contributed by atoms with van der Waals surface area (Å²) in [6, 6.07) is 21.7. The van der Waals surface area contributed by atoms with Gasteiger partial charge in [-0.2, -0.15) is 0 Å². The molecule has 0 spiro atoms. The molecule has 0 bridgehead atoms. The molecule has 170 valence electrons. The van der Waals surface area contributed by atoms with E-state index in [-0.39, 0.29) is 5.78 Å². The van der Waals surface area contributed by atoms with E-state index < -0.39 is 0 Å². The van der Waals surface area contributed by atoms with Crippen LogP contribution in [0.1, 0.15) is 34.3 Å². The zero-order valence-corrected chi connectivity index (χ0v) is 20.4. The third-order valence-corrected chi connectivity index (χ3v) is 6.31. The largest absolute Gasteiger partial charge is 0.493 e. The van der Waals surface area contributed by atoms with E-state index in [9.17, 15) is 4.79 Å². The molecule has 0 saturated heterocycles. The molecule has 0 N–H and O–H groups in total. The summed E-state index contributed by atoms with van der Waals surface area (Å²) in [5, 5.41) is 0. The maximum absolute atomic E-state index is 12.4. The summed E-state index contributed by atoms with van der Waals surface area (Å²) in [5.41, 5.74) is 4.33. The Bertz CT molecular complexity index is 1120. The smallest absolute Gasteiger partial charge is 0.185 e. The molecule has 3 aromatic rings. The zero-order valence-electron chi connectivity index (χ0n) is 18.8. The van der Waals surface area contributed by atoms with E-state index in [1.54, 1.807) is 31.4 Å². The first-order chi connectivity index (χ1) is 16.1. The van der Waals surface area contributed by atoms with Crippen LogP contribution in [0.4, 0.5) is 5.69 Å². The fourth-order valence-electron chi connectivity index (χ4n) is 4.07. The number of carbonyl (C=O) groups is 1. The van der Waals surface area contributed by atoms with Crippen molar-refractivity contribution in [2.45, 2.75) is 19.3 Å².